The lowest BCUT2D eigenvalue weighted by atomic mass is 9.88. The van der Waals surface area contributed by atoms with E-state index < -0.39 is 5.41 Å². The second-order valence-corrected chi connectivity index (χ2v) is 9.58. The van der Waals surface area contributed by atoms with Crippen LogP contribution in [0.3, 0.4) is 0 Å². The number of carbonyl (C=O) groups is 1. The summed E-state index contributed by atoms with van der Waals surface area (Å²) in [5, 5.41) is 12.0. The Bertz CT molecular complexity index is 1130. The molecule has 3 rings (SSSR count). The van der Waals surface area contributed by atoms with Crippen LogP contribution in [0.15, 0.2) is 78.9 Å². The van der Waals surface area contributed by atoms with Crippen molar-refractivity contribution >= 4 is 17.1 Å². The van der Waals surface area contributed by atoms with Crippen molar-refractivity contribution in [2.24, 2.45) is 5.41 Å². The summed E-state index contributed by atoms with van der Waals surface area (Å²) in [7, 11) is 0. The van der Waals surface area contributed by atoms with Gasteiger partial charge in [-0.2, -0.15) is 0 Å². The Balaban J connectivity index is 1.93. The molecule has 0 aliphatic rings. The van der Waals surface area contributed by atoms with Crippen LogP contribution in [0, 0.1) is 5.41 Å². The summed E-state index contributed by atoms with van der Waals surface area (Å²) < 4.78 is 11.4. The first-order valence-corrected chi connectivity index (χ1v) is 12.5. The molecule has 0 heterocycles. The van der Waals surface area contributed by atoms with E-state index in [-0.39, 0.29) is 12.6 Å². The van der Waals surface area contributed by atoms with Gasteiger partial charge in [-0.25, -0.2) is 0 Å². The van der Waals surface area contributed by atoms with Gasteiger partial charge in [0.25, 0.3) is 0 Å². The predicted octanol–water partition coefficient (Wildman–Crippen LogP) is 5.97. The highest BCUT2D eigenvalue weighted by Crippen LogP contribution is 2.35. The number of rotatable bonds is 11. The Kier molecular flexibility index (Phi) is 9.86. The average molecular weight is 488 g/mol. The van der Waals surface area contributed by atoms with Gasteiger partial charge in [-0.05, 0) is 79.3 Å². The Morgan fingerprint density at radius 2 is 1.39 bits per heavy atom. The molecule has 0 fully saturated rings. The molecule has 0 saturated heterocycles. The molecule has 190 valence electrons. The van der Waals surface area contributed by atoms with Gasteiger partial charge in [-0.15, -0.1) is 0 Å². The smallest absolute Gasteiger partial charge is 0.316 e. The first kappa shape index (κ1) is 27.2. The summed E-state index contributed by atoms with van der Waals surface area (Å²) in [6.45, 7) is 9.58. The van der Waals surface area contributed by atoms with E-state index in [9.17, 15) is 4.79 Å². The zero-order valence-corrected chi connectivity index (χ0v) is 21.7. The van der Waals surface area contributed by atoms with E-state index in [2.05, 4.69) is 48.6 Å². The molecule has 36 heavy (non-hydrogen) atoms. The standard InChI is InChI=1S/C31H37NO4/c1-5-28(23-9-7-6-8-10-23)29(24-11-15-26(16-12-24)35-22-20-32-19-21-33)25-13-17-27(18-14-25)36-30(34)31(2,3)4/h6-18,32-33H,5,19-22H2,1-4H3/b29-28+. The second-order valence-electron chi connectivity index (χ2n) is 9.58. The van der Waals surface area contributed by atoms with Crippen LogP contribution in [0.2, 0.25) is 0 Å². The van der Waals surface area contributed by atoms with Gasteiger partial charge in [0.1, 0.15) is 18.1 Å². The van der Waals surface area contributed by atoms with Gasteiger partial charge in [0.2, 0.25) is 0 Å². The molecule has 5 heteroatoms. The van der Waals surface area contributed by atoms with Crippen molar-refractivity contribution in [3.63, 3.8) is 0 Å². The molecule has 0 aliphatic heterocycles. The van der Waals surface area contributed by atoms with Crippen molar-refractivity contribution in [2.75, 3.05) is 26.3 Å². The number of carbonyl (C=O) groups excluding carboxylic acids is 1. The minimum absolute atomic E-state index is 0.116. The van der Waals surface area contributed by atoms with Crippen molar-refractivity contribution in [3.05, 3.63) is 95.6 Å². The molecule has 0 aliphatic carbocycles. The van der Waals surface area contributed by atoms with E-state index in [1.54, 1.807) is 0 Å². The highest BCUT2D eigenvalue weighted by Gasteiger charge is 2.23. The summed E-state index contributed by atoms with van der Waals surface area (Å²) in [6, 6.07) is 26.3. The summed E-state index contributed by atoms with van der Waals surface area (Å²) in [5.41, 5.74) is 5.11. The van der Waals surface area contributed by atoms with Crippen LogP contribution in [0.25, 0.3) is 11.1 Å². The third-order valence-corrected chi connectivity index (χ3v) is 5.72. The quantitative estimate of drug-likeness (QED) is 0.151. The van der Waals surface area contributed by atoms with E-state index in [0.29, 0.717) is 25.4 Å². The van der Waals surface area contributed by atoms with E-state index in [0.717, 1.165) is 28.9 Å². The lowest BCUT2D eigenvalue weighted by molar-refractivity contribution is -0.142. The minimum atomic E-state index is -0.564. The van der Waals surface area contributed by atoms with Crippen molar-refractivity contribution in [1.29, 1.82) is 0 Å². The first-order valence-electron chi connectivity index (χ1n) is 12.5. The Morgan fingerprint density at radius 1 is 0.806 bits per heavy atom. The van der Waals surface area contributed by atoms with Gasteiger partial charge in [0.15, 0.2) is 0 Å². The highest BCUT2D eigenvalue weighted by molar-refractivity contribution is 5.98. The molecule has 0 aromatic heterocycles. The number of aliphatic hydroxyl groups excluding tert-OH is 1. The number of ether oxygens (including phenoxy) is 2. The summed E-state index contributed by atoms with van der Waals surface area (Å²) in [5.74, 6) is 1.08. The zero-order chi connectivity index (χ0) is 26.0. The highest BCUT2D eigenvalue weighted by atomic mass is 16.5. The maximum absolute atomic E-state index is 12.3. The lowest BCUT2D eigenvalue weighted by Gasteiger charge is -2.18. The predicted molar refractivity (Wildman–Crippen MR) is 146 cm³/mol. The van der Waals surface area contributed by atoms with E-state index >= 15 is 0 Å². The fourth-order valence-corrected chi connectivity index (χ4v) is 3.79. The molecule has 3 aromatic rings. The van der Waals surface area contributed by atoms with Gasteiger partial charge >= 0.3 is 5.97 Å². The minimum Gasteiger partial charge on any atom is -0.492 e. The zero-order valence-electron chi connectivity index (χ0n) is 21.7. The number of esters is 1. The van der Waals surface area contributed by atoms with Crippen molar-refractivity contribution in [2.45, 2.75) is 34.1 Å². The molecule has 0 bridgehead atoms. The molecule has 2 N–H and O–H groups in total. The normalized spacial score (nSPS) is 12.1. The Morgan fingerprint density at radius 3 is 1.92 bits per heavy atom. The van der Waals surface area contributed by atoms with E-state index in [1.165, 1.54) is 11.1 Å². The molecule has 0 spiro atoms. The molecule has 5 nitrogen and oxygen atoms in total. The molecule has 0 amide bonds. The maximum atomic E-state index is 12.3. The van der Waals surface area contributed by atoms with Crippen molar-refractivity contribution in [1.82, 2.24) is 5.32 Å². The van der Waals surface area contributed by atoms with Gasteiger partial charge in [-0.3, -0.25) is 4.79 Å². The SMILES string of the molecule is CC/C(=C(/c1ccc(OCCNCCO)cc1)c1ccc(OC(=O)C(C)(C)C)cc1)c1ccccc1. The maximum Gasteiger partial charge on any atom is 0.316 e. The topological polar surface area (TPSA) is 67.8 Å². The van der Waals surface area contributed by atoms with Gasteiger partial charge in [0.05, 0.1) is 12.0 Å². The molecule has 0 atom stereocenters. The van der Waals surface area contributed by atoms with Gasteiger partial charge < -0.3 is 19.9 Å². The van der Waals surface area contributed by atoms with E-state index in [1.807, 2.05) is 63.2 Å². The van der Waals surface area contributed by atoms with Crippen LogP contribution < -0.4 is 14.8 Å². The average Bonchev–Trinajstić information content (AvgIpc) is 2.88. The van der Waals surface area contributed by atoms with Crippen LogP contribution in [0.4, 0.5) is 0 Å². The Labute approximate surface area is 214 Å². The van der Waals surface area contributed by atoms with Crippen molar-refractivity contribution in [3.8, 4) is 11.5 Å². The van der Waals surface area contributed by atoms with Gasteiger partial charge in [0, 0.05) is 13.1 Å². The Hall–Kier alpha value is -3.41. The lowest BCUT2D eigenvalue weighted by Crippen LogP contribution is -2.25. The first-order chi connectivity index (χ1) is 17.3. The summed E-state index contributed by atoms with van der Waals surface area (Å²) >= 11 is 0. The number of hydrogen-bond donors (Lipinski definition) is 2. The fourth-order valence-electron chi connectivity index (χ4n) is 3.79. The molecule has 3 aromatic carbocycles. The summed E-state index contributed by atoms with van der Waals surface area (Å²) in [6.07, 6.45) is 0.856. The number of hydrogen-bond acceptors (Lipinski definition) is 5. The second kappa shape index (κ2) is 13.1. The largest absolute Gasteiger partial charge is 0.492 e. The number of allylic oxidation sites excluding steroid dienone is 1. The molecule has 0 unspecified atom stereocenters. The van der Waals surface area contributed by atoms with Crippen LogP contribution in [-0.2, 0) is 4.79 Å². The molecule has 0 radical (unpaired) electrons. The third-order valence-electron chi connectivity index (χ3n) is 5.72. The molecular weight excluding hydrogens is 450 g/mol. The molecule has 0 saturated carbocycles. The monoisotopic (exact) mass is 487 g/mol. The van der Waals surface area contributed by atoms with Crippen molar-refractivity contribution < 1.29 is 19.4 Å². The van der Waals surface area contributed by atoms with E-state index in [4.69, 9.17) is 14.6 Å². The number of nitrogens with one attached hydrogen (secondary N) is 1. The summed E-state index contributed by atoms with van der Waals surface area (Å²) in [4.78, 5) is 12.3. The van der Waals surface area contributed by atoms with Crippen LogP contribution in [-0.4, -0.2) is 37.4 Å². The van der Waals surface area contributed by atoms with Crippen LogP contribution in [0.1, 0.15) is 50.8 Å². The fraction of sp³-hybridized carbons (Fsp3) is 0.323. The third kappa shape index (κ3) is 7.54. The number of aliphatic hydroxyl groups is 1. The number of benzene rings is 3. The van der Waals surface area contributed by atoms with Crippen LogP contribution >= 0.6 is 0 Å². The van der Waals surface area contributed by atoms with Crippen LogP contribution in [0.5, 0.6) is 11.5 Å². The van der Waals surface area contributed by atoms with Gasteiger partial charge in [-0.1, -0.05) is 61.5 Å². The molecular formula is C31H37NO4.